The van der Waals surface area contributed by atoms with Crippen LogP contribution in [-0.4, -0.2) is 20.1 Å². The standard InChI is InChI=1S/C24H24FNO2/c1-17(24(27)28-3)20-11-14-22(23(25)15-20)19-9-12-21(13-10-19)26(2)16-18-7-5-4-6-8-18/h4-15,17H,16H2,1-3H3. The molecule has 3 rings (SSSR count). The van der Waals surface area contributed by atoms with Gasteiger partial charge < -0.3 is 9.64 Å². The van der Waals surface area contributed by atoms with E-state index in [4.69, 9.17) is 4.74 Å². The minimum atomic E-state index is -0.498. The molecular weight excluding hydrogens is 353 g/mol. The summed E-state index contributed by atoms with van der Waals surface area (Å²) in [6.07, 6.45) is 0. The monoisotopic (exact) mass is 377 g/mol. The van der Waals surface area contributed by atoms with E-state index in [0.717, 1.165) is 17.8 Å². The van der Waals surface area contributed by atoms with Gasteiger partial charge in [0.15, 0.2) is 0 Å². The molecule has 0 aliphatic carbocycles. The Morgan fingerprint density at radius 1 is 1.04 bits per heavy atom. The summed E-state index contributed by atoms with van der Waals surface area (Å²) in [5, 5.41) is 0. The molecular formula is C24H24FNO2. The summed E-state index contributed by atoms with van der Waals surface area (Å²) in [5.74, 6) is -1.22. The molecule has 1 unspecified atom stereocenters. The number of anilines is 1. The lowest BCUT2D eigenvalue weighted by Crippen LogP contribution is -2.16. The van der Waals surface area contributed by atoms with Crippen molar-refractivity contribution in [2.24, 2.45) is 0 Å². The molecule has 1 atom stereocenters. The minimum absolute atomic E-state index is 0.348. The zero-order valence-electron chi connectivity index (χ0n) is 16.4. The van der Waals surface area contributed by atoms with Gasteiger partial charge in [0.05, 0.1) is 13.0 Å². The number of halogens is 1. The highest BCUT2D eigenvalue weighted by Crippen LogP contribution is 2.28. The number of ether oxygens (including phenoxy) is 1. The van der Waals surface area contributed by atoms with Crippen molar-refractivity contribution in [3.63, 3.8) is 0 Å². The molecule has 3 aromatic rings. The maximum Gasteiger partial charge on any atom is 0.312 e. The summed E-state index contributed by atoms with van der Waals surface area (Å²) in [5.41, 5.74) is 4.21. The number of benzene rings is 3. The van der Waals surface area contributed by atoms with Gasteiger partial charge in [-0.05, 0) is 41.8 Å². The Morgan fingerprint density at radius 3 is 2.32 bits per heavy atom. The van der Waals surface area contributed by atoms with Crippen LogP contribution in [0.15, 0.2) is 72.8 Å². The number of hydrogen-bond acceptors (Lipinski definition) is 3. The zero-order valence-corrected chi connectivity index (χ0v) is 16.4. The summed E-state index contributed by atoms with van der Waals surface area (Å²) in [6.45, 7) is 2.51. The van der Waals surface area contributed by atoms with Crippen LogP contribution in [0.5, 0.6) is 0 Å². The normalized spacial score (nSPS) is 11.7. The molecule has 4 heteroatoms. The van der Waals surface area contributed by atoms with Crippen LogP contribution in [0.4, 0.5) is 10.1 Å². The third-order valence-corrected chi connectivity index (χ3v) is 4.93. The highest BCUT2D eigenvalue weighted by Gasteiger charge is 2.17. The van der Waals surface area contributed by atoms with Crippen molar-refractivity contribution >= 4 is 11.7 Å². The Morgan fingerprint density at radius 2 is 1.71 bits per heavy atom. The second kappa shape index (κ2) is 8.70. The Hall–Kier alpha value is -3.14. The van der Waals surface area contributed by atoms with Crippen LogP contribution in [0.3, 0.4) is 0 Å². The Kier molecular flexibility index (Phi) is 6.09. The first-order chi connectivity index (χ1) is 13.5. The number of nitrogens with zero attached hydrogens (tertiary/aromatic N) is 1. The van der Waals surface area contributed by atoms with Crippen molar-refractivity contribution in [3.05, 3.63) is 89.7 Å². The fourth-order valence-corrected chi connectivity index (χ4v) is 3.19. The SMILES string of the molecule is COC(=O)C(C)c1ccc(-c2ccc(N(C)Cc3ccccc3)cc2)c(F)c1. The minimum Gasteiger partial charge on any atom is -0.469 e. The molecule has 0 aliphatic heterocycles. The van der Waals surface area contributed by atoms with E-state index in [1.54, 1.807) is 19.1 Å². The largest absolute Gasteiger partial charge is 0.469 e. The van der Waals surface area contributed by atoms with E-state index in [9.17, 15) is 9.18 Å². The molecule has 3 nitrogen and oxygen atoms in total. The highest BCUT2D eigenvalue weighted by molar-refractivity contribution is 5.78. The Bertz CT molecular complexity index is 939. The second-order valence-corrected chi connectivity index (χ2v) is 6.87. The van der Waals surface area contributed by atoms with Gasteiger partial charge in [-0.25, -0.2) is 4.39 Å². The van der Waals surface area contributed by atoms with Gasteiger partial charge in [0, 0.05) is 24.8 Å². The number of esters is 1. The van der Waals surface area contributed by atoms with Crippen LogP contribution in [-0.2, 0) is 16.1 Å². The van der Waals surface area contributed by atoms with Gasteiger partial charge in [-0.1, -0.05) is 54.6 Å². The van der Waals surface area contributed by atoms with Crippen molar-refractivity contribution in [2.45, 2.75) is 19.4 Å². The first kappa shape index (κ1) is 19.6. The average Bonchev–Trinajstić information content (AvgIpc) is 2.73. The number of carbonyl (C=O) groups is 1. The van der Waals surface area contributed by atoms with Crippen molar-refractivity contribution < 1.29 is 13.9 Å². The van der Waals surface area contributed by atoms with Crippen molar-refractivity contribution in [1.82, 2.24) is 0 Å². The lowest BCUT2D eigenvalue weighted by atomic mass is 9.97. The van der Waals surface area contributed by atoms with Crippen LogP contribution < -0.4 is 4.90 Å². The molecule has 0 radical (unpaired) electrons. The molecule has 0 N–H and O–H groups in total. The Balaban J connectivity index is 1.77. The second-order valence-electron chi connectivity index (χ2n) is 6.87. The first-order valence-electron chi connectivity index (χ1n) is 9.22. The predicted octanol–water partition coefficient (Wildman–Crippen LogP) is 5.41. The van der Waals surface area contributed by atoms with Crippen LogP contribution in [0, 0.1) is 5.82 Å². The average molecular weight is 377 g/mol. The van der Waals surface area contributed by atoms with Crippen LogP contribution in [0.2, 0.25) is 0 Å². The molecule has 0 aliphatic rings. The molecule has 0 fully saturated rings. The molecule has 3 aromatic carbocycles. The van der Waals surface area contributed by atoms with Crippen molar-refractivity contribution in [2.75, 3.05) is 19.1 Å². The van der Waals surface area contributed by atoms with E-state index in [0.29, 0.717) is 11.1 Å². The van der Waals surface area contributed by atoms with Gasteiger partial charge in [-0.3, -0.25) is 4.79 Å². The van der Waals surface area contributed by atoms with Crippen LogP contribution in [0.1, 0.15) is 24.0 Å². The van der Waals surface area contributed by atoms with E-state index in [1.807, 2.05) is 49.5 Å². The molecule has 28 heavy (non-hydrogen) atoms. The number of rotatable bonds is 6. The third-order valence-electron chi connectivity index (χ3n) is 4.93. The third kappa shape index (κ3) is 4.39. The maximum absolute atomic E-state index is 14.6. The Labute approximate surface area is 165 Å². The van der Waals surface area contributed by atoms with E-state index in [1.165, 1.54) is 18.7 Å². The predicted molar refractivity (Wildman–Crippen MR) is 111 cm³/mol. The smallest absolute Gasteiger partial charge is 0.312 e. The molecule has 0 saturated heterocycles. The van der Waals surface area contributed by atoms with Crippen LogP contribution >= 0.6 is 0 Å². The molecule has 0 bridgehead atoms. The molecule has 0 amide bonds. The van der Waals surface area contributed by atoms with Gasteiger partial charge in [0.1, 0.15) is 5.82 Å². The van der Waals surface area contributed by atoms with Gasteiger partial charge in [0.25, 0.3) is 0 Å². The maximum atomic E-state index is 14.6. The number of hydrogen-bond donors (Lipinski definition) is 0. The molecule has 144 valence electrons. The van der Waals surface area contributed by atoms with Gasteiger partial charge in [0.2, 0.25) is 0 Å². The summed E-state index contributed by atoms with van der Waals surface area (Å²) in [6, 6.07) is 23.0. The van der Waals surface area contributed by atoms with Crippen molar-refractivity contribution in [3.8, 4) is 11.1 Å². The van der Waals surface area contributed by atoms with Crippen molar-refractivity contribution in [1.29, 1.82) is 0 Å². The fraction of sp³-hybridized carbons (Fsp3) is 0.208. The zero-order chi connectivity index (χ0) is 20.1. The lowest BCUT2D eigenvalue weighted by molar-refractivity contribution is -0.141. The summed E-state index contributed by atoms with van der Waals surface area (Å²) >= 11 is 0. The van der Waals surface area contributed by atoms with E-state index < -0.39 is 5.92 Å². The van der Waals surface area contributed by atoms with E-state index >= 15 is 0 Å². The molecule has 0 aromatic heterocycles. The fourth-order valence-electron chi connectivity index (χ4n) is 3.19. The van der Waals surface area contributed by atoms with Gasteiger partial charge >= 0.3 is 5.97 Å². The first-order valence-corrected chi connectivity index (χ1v) is 9.22. The number of methoxy groups -OCH3 is 1. The quantitative estimate of drug-likeness (QED) is 0.538. The summed E-state index contributed by atoms with van der Waals surface area (Å²) in [4.78, 5) is 13.8. The van der Waals surface area contributed by atoms with Gasteiger partial charge in [-0.2, -0.15) is 0 Å². The molecule has 0 spiro atoms. The molecule has 0 heterocycles. The van der Waals surface area contributed by atoms with E-state index in [-0.39, 0.29) is 11.8 Å². The van der Waals surface area contributed by atoms with E-state index in [2.05, 4.69) is 17.0 Å². The number of carbonyl (C=O) groups excluding carboxylic acids is 1. The topological polar surface area (TPSA) is 29.5 Å². The molecule has 0 saturated carbocycles. The lowest BCUT2D eigenvalue weighted by Gasteiger charge is -2.20. The highest BCUT2D eigenvalue weighted by atomic mass is 19.1. The summed E-state index contributed by atoms with van der Waals surface area (Å²) in [7, 11) is 3.37. The van der Waals surface area contributed by atoms with Gasteiger partial charge in [-0.15, -0.1) is 0 Å². The van der Waals surface area contributed by atoms with Crippen LogP contribution in [0.25, 0.3) is 11.1 Å². The summed E-state index contributed by atoms with van der Waals surface area (Å²) < 4.78 is 19.4.